The minimum Gasteiger partial charge on any atom is -0.466 e. The summed E-state index contributed by atoms with van der Waals surface area (Å²) >= 11 is 0. The molecule has 4 aliphatic rings. The van der Waals surface area contributed by atoms with Crippen molar-refractivity contribution in [2.75, 3.05) is 13.2 Å². The van der Waals surface area contributed by atoms with Gasteiger partial charge in [0, 0.05) is 12.5 Å². The molecule has 1 spiro atoms. The summed E-state index contributed by atoms with van der Waals surface area (Å²) in [5.74, 6) is 0.807. The van der Waals surface area contributed by atoms with Gasteiger partial charge in [-0.1, -0.05) is 20.3 Å². The molecule has 0 aromatic carbocycles. The van der Waals surface area contributed by atoms with Gasteiger partial charge in [-0.25, -0.2) is 0 Å². The van der Waals surface area contributed by atoms with Gasteiger partial charge in [0.05, 0.1) is 18.1 Å². The van der Waals surface area contributed by atoms with Gasteiger partial charge in [0.15, 0.2) is 0 Å². The number of carbonyl (C=O) groups is 1. The molecule has 0 unspecified atom stereocenters. The zero-order valence-electron chi connectivity index (χ0n) is 17.6. The molecule has 154 valence electrons. The van der Waals surface area contributed by atoms with Gasteiger partial charge in [0.2, 0.25) is 0 Å². The summed E-state index contributed by atoms with van der Waals surface area (Å²) in [6, 6.07) is 0. The van der Waals surface area contributed by atoms with E-state index < -0.39 is 11.5 Å². The highest BCUT2D eigenvalue weighted by Crippen LogP contribution is 2.75. The molecule has 0 aromatic heterocycles. The van der Waals surface area contributed by atoms with Crippen LogP contribution >= 0.6 is 0 Å². The lowest BCUT2D eigenvalue weighted by atomic mass is 9.39. The fraction of sp³-hybridized carbons (Fsp3) is 0.957. The van der Waals surface area contributed by atoms with Crippen molar-refractivity contribution >= 4 is 5.97 Å². The van der Waals surface area contributed by atoms with Crippen LogP contribution < -0.4 is 0 Å². The molecule has 4 saturated carbocycles. The van der Waals surface area contributed by atoms with Crippen LogP contribution in [0.4, 0.5) is 0 Å². The Morgan fingerprint density at radius 3 is 2.44 bits per heavy atom. The van der Waals surface area contributed by atoms with E-state index >= 15 is 0 Å². The molecular formula is C23H38O4. The van der Waals surface area contributed by atoms with E-state index in [1.165, 1.54) is 0 Å². The van der Waals surface area contributed by atoms with Crippen LogP contribution in [0.2, 0.25) is 0 Å². The molecule has 2 N–H and O–H groups in total. The number of carbonyl (C=O) groups excluding carboxylic acids is 1. The van der Waals surface area contributed by atoms with E-state index in [0.29, 0.717) is 18.4 Å². The van der Waals surface area contributed by atoms with E-state index in [1.54, 1.807) is 0 Å². The van der Waals surface area contributed by atoms with Gasteiger partial charge in [-0.15, -0.1) is 0 Å². The van der Waals surface area contributed by atoms with Crippen LogP contribution in [0.5, 0.6) is 0 Å². The molecule has 0 saturated heterocycles. The maximum atomic E-state index is 13.0. The molecule has 0 aromatic rings. The van der Waals surface area contributed by atoms with Crippen LogP contribution in [0.1, 0.15) is 79.1 Å². The fourth-order valence-electron chi connectivity index (χ4n) is 8.81. The van der Waals surface area contributed by atoms with Crippen LogP contribution in [-0.4, -0.2) is 35.5 Å². The van der Waals surface area contributed by atoms with Gasteiger partial charge < -0.3 is 14.9 Å². The summed E-state index contributed by atoms with van der Waals surface area (Å²) in [4.78, 5) is 13.0. The minimum atomic E-state index is -0.396. The Bertz CT molecular complexity index is 619. The van der Waals surface area contributed by atoms with E-state index in [1.807, 2.05) is 6.92 Å². The highest BCUT2D eigenvalue weighted by atomic mass is 16.5. The molecular weight excluding hydrogens is 340 g/mol. The number of rotatable bonds is 3. The molecule has 0 aliphatic heterocycles. The molecule has 4 fully saturated rings. The molecule has 4 nitrogen and oxygen atoms in total. The molecule has 0 amide bonds. The summed E-state index contributed by atoms with van der Waals surface area (Å²) in [6.45, 7) is 9.22. The second-order valence-electron chi connectivity index (χ2n) is 11.0. The van der Waals surface area contributed by atoms with Crippen LogP contribution in [0.15, 0.2) is 0 Å². The van der Waals surface area contributed by atoms with Crippen molar-refractivity contribution in [2.24, 2.45) is 39.4 Å². The van der Waals surface area contributed by atoms with Gasteiger partial charge in [-0.2, -0.15) is 0 Å². The van der Waals surface area contributed by atoms with Gasteiger partial charge in [-0.05, 0) is 86.9 Å². The van der Waals surface area contributed by atoms with Crippen LogP contribution in [0.3, 0.4) is 0 Å². The van der Waals surface area contributed by atoms with Crippen molar-refractivity contribution < 1.29 is 19.7 Å². The van der Waals surface area contributed by atoms with Gasteiger partial charge in [0.25, 0.3) is 0 Å². The summed E-state index contributed by atoms with van der Waals surface area (Å²) < 4.78 is 5.53. The van der Waals surface area contributed by atoms with Gasteiger partial charge in [0.1, 0.15) is 0 Å². The number of hydrogen-bond acceptors (Lipinski definition) is 4. The topological polar surface area (TPSA) is 66.8 Å². The van der Waals surface area contributed by atoms with Crippen LogP contribution in [-0.2, 0) is 9.53 Å². The average Bonchev–Trinajstić information content (AvgIpc) is 2.76. The third kappa shape index (κ3) is 2.38. The van der Waals surface area contributed by atoms with Crippen molar-refractivity contribution in [1.82, 2.24) is 0 Å². The minimum absolute atomic E-state index is 0.0106. The molecule has 27 heavy (non-hydrogen) atoms. The van der Waals surface area contributed by atoms with Crippen molar-refractivity contribution in [2.45, 2.75) is 85.2 Å². The summed E-state index contributed by atoms with van der Waals surface area (Å²) in [5.41, 5.74) is -0.306. The predicted octanol–water partition coefficient (Wildman–Crippen LogP) is 3.93. The molecule has 2 bridgehead atoms. The Balaban J connectivity index is 1.74. The Kier molecular flexibility index (Phi) is 4.52. The smallest absolute Gasteiger partial charge is 0.312 e. The number of ether oxygens (including phenoxy) is 1. The van der Waals surface area contributed by atoms with E-state index in [0.717, 1.165) is 51.4 Å². The second kappa shape index (κ2) is 6.19. The third-order valence-electron chi connectivity index (χ3n) is 9.87. The quantitative estimate of drug-likeness (QED) is 0.730. The average molecular weight is 379 g/mol. The predicted molar refractivity (Wildman–Crippen MR) is 104 cm³/mol. The van der Waals surface area contributed by atoms with Crippen molar-refractivity contribution in [3.63, 3.8) is 0 Å². The number of aliphatic hydroxyl groups excluding tert-OH is 2. The Labute approximate surface area is 164 Å². The number of aliphatic hydroxyl groups is 2. The summed E-state index contributed by atoms with van der Waals surface area (Å²) in [6.07, 6.45) is 8.00. The molecule has 4 aliphatic carbocycles. The molecule has 4 heteroatoms. The van der Waals surface area contributed by atoms with Crippen molar-refractivity contribution in [1.29, 1.82) is 0 Å². The highest BCUT2D eigenvalue weighted by molar-refractivity contribution is 5.77. The lowest BCUT2D eigenvalue weighted by Gasteiger charge is -2.64. The Morgan fingerprint density at radius 1 is 1.07 bits per heavy atom. The first-order chi connectivity index (χ1) is 12.7. The summed E-state index contributed by atoms with van der Waals surface area (Å²) in [7, 11) is 0. The molecule has 4 rings (SSSR count). The zero-order valence-corrected chi connectivity index (χ0v) is 17.6. The zero-order chi connectivity index (χ0) is 19.7. The van der Waals surface area contributed by atoms with E-state index in [4.69, 9.17) is 4.74 Å². The first-order valence-electron chi connectivity index (χ1n) is 11.1. The number of esters is 1. The maximum absolute atomic E-state index is 13.0. The van der Waals surface area contributed by atoms with Gasteiger partial charge in [-0.3, -0.25) is 4.79 Å². The normalized spacial score (nSPS) is 54.1. The monoisotopic (exact) mass is 378 g/mol. The highest BCUT2D eigenvalue weighted by Gasteiger charge is 2.71. The Morgan fingerprint density at radius 2 is 1.78 bits per heavy atom. The standard InChI is InChI=1S/C23H38O4/c1-5-27-19(26)22(4)10-6-9-21(3)16(22)8-12-23-14-20(2,11-7-17(21)23)18(25)15(23)13-24/h15-18,24-25H,5-14H2,1-4H3/t15-,16+,17+,18-,20+,21-,22-,23-/m1/s1. The number of hydrogen-bond donors (Lipinski definition) is 2. The molecule has 0 radical (unpaired) electrons. The first kappa shape index (κ1) is 19.7. The molecule has 0 heterocycles. The third-order valence-corrected chi connectivity index (χ3v) is 9.87. The van der Waals surface area contributed by atoms with E-state index in [9.17, 15) is 15.0 Å². The van der Waals surface area contributed by atoms with E-state index in [2.05, 4.69) is 20.8 Å². The van der Waals surface area contributed by atoms with E-state index in [-0.39, 0.29) is 34.7 Å². The SMILES string of the molecule is CCOC(=O)[C@]1(C)CCC[C@@]2(C)[C@@H]3CC[C@@]4(C)C[C@]3(CC[C@@H]21)[C@H](CO)[C@H]4O. The fourth-order valence-corrected chi connectivity index (χ4v) is 8.81. The van der Waals surface area contributed by atoms with Crippen LogP contribution in [0, 0.1) is 39.4 Å². The summed E-state index contributed by atoms with van der Waals surface area (Å²) in [5, 5.41) is 21.3. The largest absolute Gasteiger partial charge is 0.466 e. The lowest BCUT2D eigenvalue weighted by molar-refractivity contribution is -0.193. The lowest BCUT2D eigenvalue weighted by Crippen LogP contribution is -2.60. The number of fused-ring (bicyclic) bond motifs is 3. The van der Waals surface area contributed by atoms with Crippen molar-refractivity contribution in [3.8, 4) is 0 Å². The van der Waals surface area contributed by atoms with Crippen LogP contribution in [0.25, 0.3) is 0 Å². The maximum Gasteiger partial charge on any atom is 0.312 e. The first-order valence-corrected chi connectivity index (χ1v) is 11.1. The Hall–Kier alpha value is -0.610. The van der Waals surface area contributed by atoms with Crippen molar-refractivity contribution in [3.05, 3.63) is 0 Å². The second-order valence-corrected chi connectivity index (χ2v) is 11.0. The molecule has 8 atom stereocenters. The van der Waals surface area contributed by atoms with Gasteiger partial charge >= 0.3 is 5.97 Å².